The third-order valence-electron chi connectivity index (χ3n) is 3.25. The highest BCUT2D eigenvalue weighted by Gasteiger charge is 2.41. The Labute approximate surface area is 136 Å². The monoisotopic (exact) mass is 340 g/mol. The van der Waals surface area contributed by atoms with E-state index in [2.05, 4.69) is 5.32 Å². The maximum absolute atomic E-state index is 12.5. The van der Waals surface area contributed by atoms with E-state index in [1.807, 2.05) is 0 Å². The lowest BCUT2D eigenvalue weighted by molar-refractivity contribution is -0.185. The van der Waals surface area contributed by atoms with E-state index in [0.29, 0.717) is 21.7 Å². The number of rotatable bonds is 5. The largest absolute Gasteiger partial charge is 0.472 e. The summed E-state index contributed by atoms with van der Waals surface area (Å²) >= 11 is 0. The van der Waals surface area contributed by atoms with Gasteiger partial charge in [0.25, 0.3) is 5.91 Å². The van der Waals surface area contributed by atoms with Gasteiger partial charge in [-0.15, -0.1) is 0 Å². The summed E-state index contributed by atoms with van der Waals surface area (Å²) in [6.45, 7) is 1.18. The molecule has 2 aromatic rings. The van der Waals surface area contributed by atoms with Crippen molar-refractivity contribution in [2.75, 3.05) is 11.9 Å². The molecule has 0 aliphatic rings. The first-order valence-electron chi connectivity index (χ1n) is 7.10. The van der Waals surface area contributed by atoms with Crippen molar-refractivity contribution in [3.63, 3.8) is 0 Å². The smallest absolute Gasteiger partial charge is 0.471 e. The number of amides is 2. The first-order valence-corrected chi connectivity index (χ1v) is 7.10. The molecule has 0 saturated heterocycles. The maximum Gasteiger partial charge on any atom is 0.471 e. The van der Waals surface area contributed by atoms with Crippen molar-refractivity contribution in [3.8, 4) is 0 Å². The van der Waals surface area contributed by atoms with Crippen LogP contribution < -0.4 is 5.32 Å². The summed E-state index contributed by atoms with van der Waals surface area (Å²) in [6.07, 6.45) is -2.28. The number of anilines is 1. The normalized spacial score (nSPS) is 11.2. The average molecular weight is 340 g/mol. The van der Waals surface area contributed by atoms with E-state index in [1.54, 1.807) is 18.2 Å². The maximum atomic E-state index is 12.5. The lowest BCUT2D eigenvalue weighted by Crippen LogP contribution is -2.40. The predicted molar refractivity (Wildman–Crippen MR) is 80.2 cm³/mol. The number of furan rings is 1. The molecule has 0 saturated carbocycles. The average Bonchev–Trinajstić information content (AvgIpc) is 3.06. The predicted octanol–water partition coefficient (Wildman–Crippen LogP) is 3.44. The van der Waals surface area contributed by atoms with Crippen LogP contribution in [0.15, 0.2) is 47.3 Å². The highest BCUT2D eigenvalue weighted by Crippen LogP contribution is 2.21. The second-order valence-corrected chi connectivity index (χ2v) is 4.98. The summed E-state index contributed by atoms with van der Waals surface area (Å²) in [5.74, 6) is -2.29. The number of nitrogens with one attached hydrogen (secondary N) is 1. The Morgan fingerprint density at radius 1 is 1.25 bits per heavy atom. The highest BCUT2D eigenvalue weighted by molar-refractivity contribution is 6.04. The molecule has 5 nitrogen and oxygen atoms in total. The topological polar surface area (TPSA) is 62.6 Å². The number of hydrogen-bond donors (Lipinski definition) is 1. The van der Waals surface area contributed by atoms with Gasteiger partial charge in [0.15, 0.2) is 0 Å². The first kappa shape index (κ1) is 17.6. The Morgan fingerprint density at radius 2 is 2.00 bits per heavy atom. The van der Waals surface area contributed by atoms with Crippen molar-refractivity contribution < 1.29 is 27.2 Å². The summed E-state index contributed by atoms with van der Waals surface area (Å²) in [5, 5.41) is 2.61. The van der Waals surface area contributed by atoms with Gasteiger partial charge < -0.3 is 14.6 Å². The van der Waals surface area contributed by atoms with Crippen LogP contribution in [0.5, 0.6) is 0 Å². The molecule has 0 atom stereocenters. The van der Waals surface area contributed by atoms with Crippen molar-refractivity contribution in [2.24, 2.45) is 0 Å². The zero-order chi connectivity index (χ0) is 17.7. The molecular weight excluding hydrogens is 325 g/mol. The van der Waals surface area contributed by atoms with Crippen LogP contribution in [0.25, 0.3) is 0 Å². The Bertz CT molecular complexity index is 712. The van der Waals surface area contributed by atoms with Gasteiger partial charge in [0.05, 0.1) is 11.8 Å². The molecule has 2 rings (SSSR count). The SMILES string of the molecule is CCN(Cc1cccc(NC(=O)c2ccoc2)c1)C(=O)C(F)(F)F. The van der Waals surface area contributed by atoms with Gasteiger partial charge in [0.2, 0.25) is 0 Å². The molecule has 2 amide bonds. The summed E-state index contributed by atoms with van der Waals surface area (Å²) < 4.78 is 42.4. The third-order valence-corrected chi connectivity index (χ3v) is 3.25. The molecule has 0 aliphatic heterocycles. The van der Waals surface area contributed by atoms with Crippen LogP contribution in [0.1, 0.15) is 22.8 Å². The summed E-state index contributed by atoms with van der Waals surface area (Å²) in [5.41, 5.74) is 1.21. The minimum atomic E-state index is -4.91. The number of benzene rings is 1. The summed E-state index contributed by atoms with van der Waals surface area (Å²) in [6, 6.07) is 7.78. The highest BCUT2D eigenvalue weighted by atomic mass is 19.4. The van der Waals surface area contributed by atoms with E-state index >= 15 is 0 Å². The minimum absolute atomic E-state index is 0.0794. The van der Waals surface area contributed by atoms with Gasteiger partial charge in [-0.25, -0.2) is 0 Å². The Balaban J connectivity index is 2.09. The minimum Gasteiger partial charge on any atom is -0.472 e. The third kappa shape index (κ3) is 4.37. The van der Waals surface area contributed by atoms with Gasteiger partial charge in [-0.05, 0) is 30.7 Å². The fourth-order valence-electron chi connectivity index (χ4n) is 2.07. The fraction of sp³-hybridized carbons (Fsp3) is 0.250. The standard InChI is InChI=1S/C16H15F3N2O3/c1-2-21(15(23)16(17,18)19)9-11-4-3-5-13(8-11)20-14(22)12-6-7-24-10-12/h3-8,10H,2,9H2,1H3,(H,20,22). The van der Waals surface area contributed by atoms with E-state index in [1.165, 1.54) is 31.6 Å². The van der Waals surface area contributed by atoms with Crippen LogP contribution in [0.4, 0.5) is 18.9 Å². The number of hydrogen-bond acceptors (Lipinski definition) is 3. The molecule has 128 valence electrons. The Hall–Kier alpha value is -2.77. The lowest BCUT2D eigenvalue weighted by atomic mass is 10.1. The Kier molecular flexibility index (Phi) is 5.28. The number of carbonyl (C=O) groups excluding carboxylic acids is 2. The second kappa shape index (κ2) is 7.20. The molecule has 1 aromatic heterocycles. The zero-order valence-corrected chi connectivity index (χ0v) is 12.8. The molecule has 1 N–H and O–H groups in total. The number of halogens is 3. The van der Waals surface area contributed by atoms with Crippen molar-refractivity contribution in [1.29, 1.82) is 0 Å². The molecule has 0 radical (unpaired) electrons. The molecular formula is C16H15F3N2O3. The molecule has 0 unspecified atom stereocenters. The Morgan fingerprint density at radius 3 is 2.58 bits per heavy atom. The van der Waals surface area contributed by atoms with Gasteiger partial charge in [-0.1, -0.05) is 12.1 Å². The number of alkyl halides is 3. The van der Waals surface area contributed by atoms with E-state index in [4.69, 9.17) is 4.42 Å². The first-order chi connectivity index (χ1) is 11.3. The fourth-order valence-corrected chi connectivity index (χ4v) is 2.07. The van der Waals surface area contributed by atoms with Crippen molar-refractivity contribution in [1.82, 2.24) is 4.90 Å². The van der Waals surface area contributed by atoms with Crippen LogP contribution >= 0.6 is 0 Å². The van der Waals surface area contributed by atoms with Gasteiger partial charge in [-0.2, -0.15) is 13.2 Å². The molecule has 1 heterocycles. The molecule has 24 heavy (non-hydrogen) atoms. The van der Waals surface area contributed by atoms with Gasteiger partial charge in [0.1, 0.15) is 6.26 Å². The van der Waals surface area contributed by atoms with Crippen molar-refractivity contribution in [2.45, 2.75) is 19.6 Å². The van der Waals surface area contributed by atoms with Gasteiger partial charge in [-0.3, -0.25) is 9.59 Å². The number of nitrogens with zero attached hydrogens (tertiary/aromatic N) is 1. The van der Waals surface area contributed by atoms with Gasteiger partial charge >= 0.3 is 12.1 Å². The number of carbonyl (C=O) groups is 2. The van der Waals surface area contributed by atoms with Crippen LogP contribution in [-0.2, 0) is 11.3 Å². The molecule has 0 fully saturated rings. The van der Waals surface area contributed by atoms with Crippen LogP contribution in [-0.4, -0.2) is 29.4 Å². The lowest BCUT2D eigenvalue weighted by Gasteiger charge is -2.22. The van der Waals surface area contributed by atoms with E-state index < -0.39 is 18.0 Å². The summed E-state index contributed by atoms with van der Waals surface area (Å²) in [4.78, 5) is 24.0. The second-order valence-electron chi connectivity index (χ2n) is 4.98. The molecule has 0 bridgehead atoms. The van der Waals surface area contributed by atoms with Crippen LogP contribution in [0, 0.1) is 0 Å². The van der Waals surface area contributed by atoms with E-state index in [9.17, 15) is 22.8 Å². The van der Waals surface area contributed by atoms with E-state index in [0.717, 1.165) is 0 Å². The molecule has 8 heteroatoms. The van der Waals surface area contributed by atoms with Gasteiger partial charge in [0, 0.05) is 18.8 Å². The van der Waals surface area contributed by atoms with E-state index in [-0.39, 0.29) is 13.1 Å². The van der Waals surface area contributed by atoms with Crippen molar-refractivity contribution >= 4 is 17.5 Å². The van der Waals surface area contributed by atoms with Crippen molar-refractivity contribution in [3.05, 3.63) is 54.0 Å². The molecule has 0 aliphatic carbocycles. The zero-order valence-electron chi connectivity index (χ0n) is 12.8. The molecule has 0 spiro atoms. The van der Waals surface area contributed by atoms with Crippen LogP contribution in [0.2, 0.25) is 0 Å². The quantitative estimate of drug-likeness (QED) is 0.907. The van der Waals surface area contributed by atoms with Crippen LogP contribution in [0.3, 0.4) is 0 Å². The summed E-state index contributed by atoms with van der Waals surface area (Å²) in [7, 11) is 0. The molecule has 1 aromatic carbocycles.